The summed E-state index contributed by atoms with van der Waals surface area (Å²) in [6.45, 7) is 2.87. The Morgan fingerprint density at radius 1 is 1.11 bits per heavy atom. The molecular weight excluding hydrogens is 258 g/mol. The molecule has 98 valence electrons. The molecule has 0 bridgehead atoms. The number of aromatic nitrogens is 2. The Balaban J connectivity index is 0.00000133. The van der Waals surface area contributed by atoms with Crippen molar-refractivity contribution < 1.29 is 0 Å². The van der Waals surface area contributed by atoms with Gasteiger partial charge in [0.15, 0.2) is 0 Å². The van der Waals surface area contributed by atoms with Gasteiger partial charge >= 0.3 is 0 Å². The highest BCUT2D eigenvalue weighted by atomic mass is 35.5. The zero-order valence-electron chi connectivity index (χ0n) is 10.7. The van der Waals surface area contributed by atoms with Crippen LogP contribution in [-0.2, 0) is 6.54 Å². The van der Waals surface area contributed by atoms with Gasteiger partial charge < -0.3 is 10.3 Å². The Morgan fingerprint density at radius 2 is 1.84 bits per heavy atom. The van der Waals surface area contributed by atoms with E-state index in [0.717, 1.165) is 29.1 Å². The summed E-state index contributed by atoms with van der Waals surface area (Å²) >= 11 is 0. The molecule has 3 nitrogen and oxygen atoms in total. The van der Waals surface area contributed by atoms with Crippen LogP contribution in [0.1, 0.15) is 11.4 Å². The summed E-state index contributed by atoms with van der Waals surface area (Å²) in [4.78, 5) is 4.55. The van der Waals surface area contributed by atoms with Crippen LogP contribution in [0.5, 0.6) is 0 Å². The van der Waals surface area contributed by atoms with E-state index in [1.54, 1.807) is 0 Å². The normalized spacial score (nSPS) is 10.4. The molecule has 0 spiro atoms. The van der Waals surface area contributed by atoms with Crippen molar-refractivity contribution in [3.63, 3.8) is 0 Å². The molecule has 0 saturated heterocycles. The molecule has 0 radical (unpaired) electrons. The number of anilines is 1. The van der Waals surface area contributed by atoms with Gasteiger partial charge in [-0.25, -0.2) is 4.98 Å². The number of imidazole rings is 1. The maximum absolute atomic E-state index is 5.79. The summed E-state index contributed by atoms with van der Waals surface area (Å²) in [5.74, 6) is 1.01. The predicted octanol–water partition coefficient (Wildman–Crippen LogP) is 3.40. The second kappa shape index (κ2) is 5.33. The van der Waals surface area contributed by atoms with Gasteiger partial charge in [0.2, 0.25) is 0 Å². The Bertz CT molecular complexity index is 689. The lowest BCUT2D eigenvalue weighted by molar-refractivity contribution is 0.786. The molecule has 3 aromatic rings. The summed E-state index contributed by atoms with van der Waals surface area (Å²) in [6, 6.07) is 16.3. The molecule has 0 aliphatic carbocycles. The van der Waals surface area contributed by atoms with E-state index in [-0.39, 0.29) is 12.4 Å². The minimum atomic E-state index is 0. The van der Waals surface area contributed by atoms with Gasteiger partial charge in [0.1, 0.15) is 5.82 Å². The lowest BCUT2D eigenvalue weighted by Gasteiger charge is -2.06. The average molecular weight is 274 g/mol. The molecule has 19 heavy (non-hydrogen) atoms. The highest BCUT2D eigenvalue weighted by Gasteiger charge is 2.07. The van der Waals surface area contributed by atoms with Gasteiger partial charge in [-0.3, -0.25) is 0 Å². The van der Waals surface area contributed by atoms with Crippen LogP contribution >= 0.6 is 12.4 Å². The number of hydrogen-bond donors (Lipinski definition) is 1. The van der Waals surface area contributed by atoms with Crippen LogP contribution < -0.4 is 5.73 Å². The number of fused-ring (bicyclic) bond motifs is 1. The summed E-state index contributed by atoms with van der Waals surface area (Å²) in [5, 5.41) is 0. The zero-order valence-corrected chi connectivity index (χ0v) is 11.5. The minimum Gasteiger partial charge on any atom is -0.399 e. The first-order chi connectivity index (χ1) is 8.74. The fraction of sp³-hybridized carbons (Fsp3) is 0.133. The number of hydrogen-bond acceptors (Lipinski definition) is 2. The van der Waals surface area contributed by atoms with Gasteiger partial charge in [0.25, 0.3) is 0 Å². The SMILES string of the molecule is Cc1nc2cc(N)ccc2n1Cc1ccccc1.Cl. The molecule has 0 unspecified atom stereocenters. The van der Waals surface area contributed by atoms with Crippen LogP contribution in [0.2, 0.25) is 0 Å². The van der Waals surface area contributed by atoms with Gasteiger partial charge in [0, 0.05) is 12.2 Å². The van der Waals surface area contributed by atoms with E-state index >= 15 is 0 Å². The molecule has 2 N–H and O–H groups in total. The second-order valence-electron chi connectivity index (χ2n) is 4.48. The molecule has 2 aromatic carbocycles. The third-order valence-corrected chi connectivity index (χ3v) is 3.15. The van der Waals surface area contributed by atoms with Crippen LogP contribution in [0.25, 0.3) is 11.0 Å². The molecule has 0 saturated carbocycles. The maximum atomic E-state index is 5.79. The summed E-state index contributed by atoms with van der Waals surface area (Å²) in [5.41, 5.74) is 9.91. The summed E-state index contributed by atoms with van der Waals surface area (Å²) < 4.78 is 2.21. The van der Waals surface area contributed by atoms with Crippen LogP contribution in [0, 0.1) is 6.92 Å². The largest absolute Gasteiger partial charge is 0.399 e. The quantitative estimate of drug-likeness (QED) is 0.727. The first kappa shape index (κ1) is 13.4. The number of nitrogen functional groups attached to an aromatic ring is 1. The highest BCUT2D eigenvalue weighted by Crippen LogP contribution is 2.20. The number of halogens is 1. The van der Waals surface area contributed by atoms with Crippen LogP contribution in [-0.4, -0.2) is 9.55 Å². The smallest absolute Gasteiger partial charge is 0.107 e. The zero-order chi connectivity index (χ0) is 12.5. The monoisotopic (exact) mass is 273 g/mol. The van der Waals surface area contributed by atoms with E-state index in [1.165, 1.54) is 5.56 Å². The molecule has 0 aliphatic heterocycles. The Morgan fingerprint density at radius 3 is 2.58 bits per heavy atom. The Labute approximate surface area is 118 Å². The van der Waals surface area contributed by atoms with Gasteiger partial charge in [-0.1, -0.05) is 30.3 Å². The van der Waals surface area contributed by atoms with Crippen molar-refractivity contribution in [3.8, 4) is 0 Å². The van der Waals surface area contributed by atoms with E-state index in [2.05, 4.69) is 33.8 Å². The maximum Gasteiger partial charge on any atom is 0.107 e. The molecule has 1 aromatic heterocycles. The van der Waals surface area contributed by atoms with E-state index in [0.29, 0.717) is 0 Å². The van der Waals surface area contributed by atoms with E-state index in [9.17, 15) is 0 Å². The van der Waals surface area contributed by atoms with Crippen molar-refractivity contribution in [2.75, 3.05) is 5.73 Å². The van der Waals surface area contributed by atoms with E-state index in [4.69, 9.17) is 5.73 Å². The van der Waals surface area contributed by atoms with Crippen LogP contribution in [0.3, 0.4) is 0 Å². The molecule has 3 rings (SSSR count). The van der Waals surface area contributed by atoms with Crippen molar-refractivity contribution in [1.82, 2.24) is 9.55 Å². The Hall–Kier alpha value is -2.00. The predicted molar refractivity (Wildman–Crippen MR) is 81.7 cm³/mol. The molecule has 0 atom stereocenters. The lowest BCUT2D eigenvalue weighted by Crippen LogP contribution is -2.01. The van der Waals surface area contributed by atoms with Crippen LogP contribution in [0.15, 0.2) is 48.5 Å². The van der Waals surface area contributed by atoms with Gasteiger partial charge in [-0.15, -0.1) is 12.4 Å². The molecular formula is C15H16ClN3. The van der Waals surface area contributed by atoms with Crippen molar-refractivity contribution in [2.24, 2.45) is 0 Å². The molecule has 0 amide bonds. The third-order valence-electron chi connectivity index (χ3n) is 3.15. The number of nitrogens with two attached hydrogens (primary N) is 1. The van der Waals surface area contributed by atoms with Crippen molar-refractivity contribution in [1.29, 1.82) is 0 Å². The molecule has 0 aliphatic rings. The summed E-state index contributed by atoms with van der Waals surface area (Å²) in [6.07, 6.45) is 0. The van der Waals surface area contributed by atoms with Crippen LogP contribution in [0.4, 0.5) is 5.69 Å². The van der Waals surface area contributed by atoms with Crippen molar-refractivity contribution in [3.05, 3.63) is 59.9 Å². The molecule has 4 heteroatoms. The van der Waals surface area contributed by atoms with E-state index in [1.807, 2.05) is 31.2 Å². The second-order valence-corrected chi connectivity index (χ2v) is 4.48. The lowest BCUT2D eigenvalue weighted by atomic mass is 10.2. The minimum absolute atomic E-state index is 0. The number of aryl methyl sites for hydroxylation is 1. The number of benzene rings is 2. The van der Waals surface area contributed by atoms with Crippen molar-refractivity contribution in [2.45, 2.75) is 13.5 Å². The van der Waals surface area contributed by atoms with Gasteiger partial charge in [0.05, 0.1) is 11.0 Å². The number of rotatable bonds is 2. The first-order valence-corrected chi connectivity index (χ1v) is 6.00. The number of nitrogens with zero attached hydrogens (tertiary/aromatic N) is 2. The van der Waals surface area contributed by atoms with Gasteiger partial charge in [-0.05, 0) is 30.7 Å². The van der Waals surface area contributed by atoms with E-state index < -0.39 is 0 Å². The first-order valence-electron chi connectivity index (χ1n) is 6.00. The summed E-state index contributed by atoms with van der Waals surface area (Å²) in [7, 11) is 0. The average Bonchev–Trinajstić information content (AvgIpc) is 2.66. The highest BCUT2D eigenvalue weighted by molar-refractivity contribution is 5.85. The molecule has 1 heterocycles. The standard InChI is InChI=1S/C15H15N3.ClH/c1-11-17-14-9-13(16)7-8-15(14)18(11)10-12-5-3-2-4-6-12;/h2-9H,10,16H2,1H3;1H. The third kappa shape index (κ3) is 2.56. The van der Waals surface area contributed by atoms with Crippen molar-refractivity contribution >= 4 is 29.1 Å². The molecule has 0 fully saturated rings. The fourth-order valence-electron chi connectivity index (χ4n) is 2.23. The topological polar surface area (TPSA) is 43.8 Å². The fourth-order valence-corrected chi connectivity index (χ4v) is 2.23. The Kier molecular flexibility index (Phi) is 3.76. The van der Waals surface area contributed by atoms with Gasteiger partial charge in [-0.2, -0.15) is 0 Å².